The van der Waals surface area contributed by atoms with E-state index in [0.717, 1.165) is 28.7 Å². The van der Waals surface area contributed by atoms with Crippen molar-refractivity contribution in [2.24, 2.45) is 5.73 Å². The zero-order valence-electron chi connectivity index (χ0n) is 25.5. The average Bonchev–Trinajstić information content (AvgIpc) is 3.69. The van der Waals surface area contributed by atoms with Gasteiger partial charge < -0.3 is 16.0 Å². The Kier molecular flexibility index (Phi) is 13.5. The SMILES string of the molecule is CC.CC1(N)CC1.CCCN(Cc1cc(-c2ccc(NC=O)nc2)ccc1C)C(=O)c1ccc(SC)c(F)c1CC. The summed E-state index contributed by atoms with van der Waals surface area (Å²) in [6.45, 7) is 13.0. The molecule has 41 heavy (non-hydrogen) atoms. The third kappa shape index (κ3) is 9.68. The number of nitrogens with zero attached hydrogens (tertiary/aromatic N) is 2. The van der Waals surface area contributed by atoms with Gasteiger partial charge in [-0.15, -0.1) is 11.8 Å². The highest BCUT2D eigenvalue weighted by Crippen LogP contribution is 2.30. The lowest BCUT2D eigenvalue weighted by atomic mass is 9.99. The van der Waals surface area contributed by atoms with Gasteiger partial charge in [-0.1, -0.05) is 39.8 Å². The van der Waals surface area contributed by atoms with Crippen molar-refractivity contribution in [2.75, 3.05) is 18.1 Å². The van der Waals surface area contributed by atoms with Gasteiger partial charge in [0.15, 0.2) is 0 Å². The maximum atomic E-state index is 14.9. The Morgan fingerprint density at radius 1 is 1.15 bits per heavy atom. The van der Waals surface area contributed by atoms with Crippen LogP contribution in [0.1, 0.15) is 80.9 Å². The molecule has 1 aromatic heterocycles. The number of halogens is 1. The highest BCUT2D eigenvalue weighted by Gasteiger charge is 2.31. The van der Waals surface area contributed by atoms with Crippen LogP contribution in [0.5, 0.6) is 0 Å². The summed E-state index contributed by atoms with van der Waals surface area (Å²) in [7, 11) is 0. The first-order valence-corrected chi connectivity index (χ1v) is 15.6. The van der Waals surface area contributed by atoms with Crippen molar-refractivity contribution in [1.29, 1.82) is 0 Å². The van der Waals surface area contributed by atoms with Crippen LogP contribution in [-0.2, 0) is 17.8 Å². The molecule has 0 unspecified atom stereocenters. The zero-order valence-corrected chi connectivity index (χ0v) is 26.3. The molecule has 1 saturated carbocycles. The smallest absolute Gasteiger partial charge is 0.254 e. The molecule has 2 amide bonds. The van der Waals surface area contributed by atoms with Gasteiger partial charge in [0.2, 0.25) is 6.41 Å². The second kappa shape index (κ2) is 16.3. The lowest BCUT2D eigenvalue weighted by Crippen LogP contribution is -2.32. The number of pyridine rings is 1. The number of hydrogen-bond acceptors (Lipinski definition) is 5. The van der Waals surface area contributed by atoms with E-state index in [0.29, 0.717) is 47.8 Å². The number of carbonyl (C=O) groups excluding carboxylic acids is 2. The van der Waals surface area contributed by atoms with E-state index in [1.807, 2.05) is 59.1 Å². The van der Waals surface area contributed by atoms with Gasteiger partial charge in [0.25, 0.3) is 5.91 Å². The highest BCUT2D eigenvalue weighted by molar-refractivity contribution is 7.98. The lowest BCUT2D eigenvalue weighted by molar-refractivity contribution is -0.105. The fourth-order valence-electron chi connectivity index (χ4n) is 4.13. The van der Waals surface area contributed by atoms with Gasteiger partial charge in [0, 0.05) is 46.4 Å². The molecule has 4 rings (SSSR count). The predicted octanol–water partition coefficient (Wildman–Crippen LogP) is 7.62. The van der Waals surface area contributed by atoms with Crippen molar-refractivity contribution < 1.29 is 14.0 Å². The van der Waals surface area contributed by atoms with E-state index >= 15 is 0 Å². The molecule has 0 saturated heterocycles. The molecule has 222 valence electrons. The van der Waals surface area contributed by atoms with E-state index in [1.165, 1.54) is 24.6 Å². The van der Waals surface area contributed by atoms with Crippen LogP contribution in [0.3, 0.4) is 0 Å². The van der Waals surface area contributed by atoms with E-state index < -0.39 is 0 Å². The van der Waals surface area contributed by atoms with Crippen LogP contribution in [0.4, 0.5) is 10.2 Å². The number of nitrogens with two attached hydrogens (primary N) is 1. The number of aromatic nitrogens is 1. The molecule has 0 aliphatic heterocycles. The summed E-state index contributed by atoms with van der Waals surface area (Å²) in [6.07, 6.45) is 7.85. The number of aryl methyl sites for hydroxylation is 1. The van der Waals surface area contributed by atoms with Gasteiger partial charge in [0.1, 0.15) is 11.6 Å². The van der Waals surface area contributed by atoms with E-state index in [-0.39, 0.29) is 17.3 Å². The van der Waals surface area contributed by atoms with Crippen molar-refractivity contribution in [3.05, 3.63) is 76.7 Å². The van der Waals surface area contributed by atoms with Crippen LogP contribution in [0.2, 0.25) is 0 Å². The molecular weight excluding hydrogens is 535 g/mol. The summed E-state index contributed by atoms with van der Waals surface area (Å²) < 4.78 is 14.9. The fraction of sp³-hybridized carbons (Fsp3) is 0.424. The van der Waals surface area contributed by atoms with Crippen LogP contribution in [0.25, 0.3) is 11.1 Å². The first kappa shape index (κ1) is 34.0. The lowest BCUT2D eigenvalue weighted by Gasteiger charge is -2.25. The van der Waals surface area contributed by atoms with Gasteiger partial charge in [-0.05, 0) is 92.8 Å². The molecule has 3 aromatic rings. The maximum absolute atomic E-state index is 14.9. The molecule has 1 heterocycles. The number of nitrogens with one attached hydrogen (secondary N) is 1. The highest BCUT2D eigenvalue weighted by atomic mass is 32.2. The van der Waals surface area contributed by atoms with Crippen molar-refractivity contribution in [2.45, 2.75) is 84.2 Å². The van der Waals surface area contributed by atoms with Crippen LogP contribution in [0.15, 0.2) is 53.6 Å². The molecule has 2 aromatic carbocycles. The van der Waals surface area contributed by atoms with Gasteiger partial charge in [-0.2, -0.15) is 0 Å². The molecule has 8 heteroatoms. The Labute approximate surface area is 249 Å². The van der Waals surface area contributed by atoms with Gasteiger partial charge >= 0.3 is 0 Å². The molecule has 1 aliphatic rings. The van der Waals surface area contributed by atoms with Crippen molar-refractivity contribution >= 4 is 29.9 Å². The minimum Gasteiger partial charge on any atom is -0.334 e. The molecule has 6 nitrogen and oxygen atoms in total. The van der Waals surface area contributed by atoms with Crippen LogP contribution >= 0.6 is 11.8 Å². The Morgan fingerprint density at radius 2 is 1.80 bits per heavy atom. The van der Waals surface area contributed by atoms with Crippen molar-refractivity contribution in [3.8, 4) is 11.1 Å². The molecule has 0 radical (unpaired) electrons. The van der Waals surface area contributed by atoms with Gasteiger partial charge in [-0.25, -0.2) is 9.37 Å². The van der Waals surface area contributed by atoms with Crippen molar-refractivity contribution in [1.82, 2.24) is 9.88 Å². The molecule has 0 bridgehead atoms. The van der Waals surface area contributed by atoms with E-state index in [1.54, 1.807) is 29.3 Å². The number of hydrogen-bond donors (Lipinski definition) is 2. The third-order valence-electron chi connectivity index (χ3n) is 6.85. The topological polar surface area (TPSA) is 88.3 Å². The summed E-state index contributed by atoms with van der Waals surface area (Å²) in [5, 5.41) is 2.53. The minimum atomic E-state index is -0.296. The van der Waals surface area contributed by atoms with Crippen LogP contribution < -0.4 is 11.1 Å². The largest absolute Gasteiger partial charge is 0.334 e. The van der Waals surface area contributed by atoms with Crippen LogP contribution in [-0.4, -0.2) is 40.5 Å². The Hall–Kier alpha value is -3.23. The predicted molar refractivity (Wildman–Crippen MR) is 170 cm³/mol. The van der Waals surface area contributed by atoms with E-state index in [4.69, 9.17) is 5.73 Å². The third-order valence-corrected chi connectivity index (χ3v) is 7.60. The van der Waals surface area contributed by atoms with Gasteiger partial charge in [-0.3, -0.25) is 9.59 Å². The second-order valence-corrected chi connectivity index (χ2v) is 11.0. The number of anilines is 1. The molecule has 0 atom stereocenters. The number of thioether (sulfide) groups is 1. The number of rotatable bonds is 10. The monoisotopic (exact) mass is 580 g/mol. The maximum Gasteiger partial charge on any atom is 0.254 e. The molecule has 1 aliphatic carbocycles. The first-order chi connectivity index (χ1) is 19.6. The number of benzene rings is 2. The second-order valence-electron chi connectivity index (χ2n) is 10.2. The quantitative estimate of drug-likeness (QED) is 0.190. The fourth-order valence-corrected chi connectivity index (χ4v) is 4.64. The standard InChI is InChI=1S/C27H30FN3O2S.C4H9N.C2H6/c1-5-13-31(27(33)23-10-11-24(34-4)26(28)22(23)6-2)16-21-14-19(8-7-18(21)3)20-9-12-25(29-15-20)30-17-32;1-4(5)2-3-4;1-2/h7-12,14-15,17H,5-6,13,16H2,1-4H3,(H,29,30,32);2-3,5H2,1H3;1-2H3. The summed E-state index contributed by atoms with van der Waals surface area (Å²) in [6, 6.07) is 13.2. The van der Waals surface area contributed by atoms with Gasteiger partial charge in [0.05, 0.1) is 0 Å². The summed E-state index contributed by atoms with van der Waals surface area (Å²) in [4.78, 5) is 30.8. The molecular formula is C33H45FN4O2S. The van der Waals surface area contributed by atoms with E-state index in [9.17, 15) is 14.0 Å². The molecule has 1 fully saturated rings. The number of carbonyl (C=O) groups is 2. The summed E-state index contributed by atoms with van der Waals surface area (Å²) in [5.74, 6) is 0.0359. The Bertz CT molecular complexity index is 1290. The van der Waals surface area contributed by atoms with Crippen LogP contribution in [0, 0.1) is 12.7 Å². The first-order valence-electron chi connectivity index (χ1n) is 14.3. The average molecular weight is 581 g/mol. The summed E-state index contributed by atoms with van der Waals surface area (Å²) in [5.41, 5.74) is 10.6. The number of amides is 2. The summed E-state index contributed by atoms with van der Waals surface area (Å²) >= 11 is 1.35. The molecule has 0 spiro atoms. The minimum absolute atomic E-state index is 0.152. The molecule has 3 N–H and O–H groups in total. The van der Waals surface area contributed by atoms with Crippen molar-refractivity contribution in [3.63, 3.8) is 0 Å². The normalized spacial score (nSPS) is 12.7. The Morgan fingerprint density at radius 3 is 2.32 bits per heavy atom. The van der Waals surface area contributed by atoms with E-state index in [2.05, 4.69) is 23.3 Å². The zero-order chi connectivity index (χ0) is 30.6. The Balaban J connectivity index is 0.000000743.